The summed E-state index contributed by atoms with van der Waals surface area (Å²) in [6.45, 7) is 8.66. The van der Waals surface area contributed by atoms with Gasteiger partial charge >= 0.3 is 0 Å². The summed E-state index contributed by atoms with van der Waals surface area (Å²) in [6, 6.07) is 20.1. The molecule has 0 bridgehead atoms. The Morgan fingerprint density at radius 3 is 2.13 bits per heavy atom. The number of aromatic nitrogens is 2. The normalized spacial score (nSPS) is 17.1. The van der Waals surface area contributed by atoms with Gasteiger partial charge in [-0.2, -0.15) is 0 Å². The van der Waals surface area contributed by atoms with E-state index in [0.29, 0.717) is 6.54 Å². The van der Waals surface area contributed by atoms with Crippen LogP contribution in [-0.2, 0) is 0 Å². The Balaban J connectivity index is 1.55. The van der Waals surface area contributed by atoms with E-state index in [0.717, 1.165) is 35.7 Å². The van der Waals surface area contributed by atoms with E-state index >= 15 is 0 Å². The van der Waals surface area contributed by atoms with E-state index in [9.17, 15) is 4.79 Å². The summed E-state index contributed by atoms with van der Waals surface area (Å²) in [5, 5.41) is 0. The van der Waals surface area contributed by atoms with Gasteiger partial charge < -0.3 is 9.80 Å². The van der Waals surface area contributed by atoms with Crippen molar-refractivity contribution < 1.29 is 4.79 Å². The van der Waals surface area contributed by atoms with Gasteiger partial charge in [-0.15, -0.1) is 0 Å². The van der Waals surface area contributed by atoms with Crippen molar-refractivity contribution in [3.8, 4) is 11.1 Å². The lowest BCUT2D eigenvalue weighted by molar-refractivity contribution is 0.0479. The van der Waals surface area contributed by atoms with Crippen molar-refractivity contribution >= 4 is 11.9 Å². The van der Waals surface area contributed by atoms with Gasteiger partial charge in [0.1, 0.15) is 0 Å². The van der Waals surface area contributed by atoms with E-state index in [1.807, 2.05) is 53.4 Å². The Kier molecular flexibility index (Phi) is 5.53. The molecule has 1 unspecified atom stereocenters. The van der Waals surface area contributed by atoms with Gasteiger partial charge in [0.2, 0.25) is 5.95 Å². The number of piperazine rings is 1. The van der Waals surface area contributed by atoms with Crippen molar-refractivity contribution in [2.45, 2.75) is 26.8 Å². The summed E-state index contributed by atoms with van der Waals surface area (Å²) < 4.78 is 0. The third-order valence-corrected chi connectivity index (χ3v) is 5.71. The van der Waals surface area contributed by atoms with Gasteiger partial charge in [-0.3, -0.25) is 4.79 Å². The van der Waals surface area contributed by atoms with Gasteiger partial charge in [0.05, 0.1) is 6.04 Å². The molecule has 0 aliphatic carbocycles. The predicted octanol–water partition coefficient (Wildman–Crippen LogP) is 4.52. The summed E-state index contributed by atoms with van der Waals surface area (Å²) in [5.74, 6) is 0.814. The molecule has 0 spiro atoms. The van der Waals surface area contributed by atoms with Gasteiger partial charge in [-0.1, -0.05) is 63.2 Å². The predicted molar refractivity (Wildman–Crippen MR) is 120 cm³/mol. The summed E-state index contributed by atoms with van der Waals surface area (Å²) in [4.78, 5) is 26.4. The molecular formula is C25H28N4O. The maximum Gasteiger partial charge on any atom is 0.254 e. The zero-order chi connectivity index (χ0) is 21.1. The maximum absolute atomic E-state index is 13.4. The Bertz CT molecular complexity index is 981. The van der Waals surface area contributed by atoms with E-state index in [1.54, 1.807) is 12.4 Å². The number of carbonyl (C=O) groups is 1. The lowest BCUT2D eigenvalue weighted by Crippen LogP contribution is -2.60. The Morgan fingerprint density at radius 2 is 1.50 bits per heavy atom. The first kappa shape index (κ1) is 20.1. The summed E-state index contributed by atoms with van der Waals surface area (Å²) in [6.07, 6.45) is 3.53. The van der Waals surface area contributed by atoms with Crippen LogP contribution in [0.4, 0.5) is 5.95 Å². The zero-order valence-corrected chi connectivity index (χ0v) is 17.8. The van der Waals surface area contributed by atoms with E-state index in [-0.39, 0.29) is 17.4 Å². The molecule has 4 rings (SSSR count). The molecule has 1 aliphatic heterocycles. The van der Waals surface area contributed by atoms with Crippen LogP contribution < -0.4 is 4.90 Å². The van der Waals surface area contributed by atoms with Crippen molar-refractivity contribution in [1.82, 2.24) is 14.9 Å². The molecule has 0 radical (unpaired) electrons. The molecule has 1 aliphatic rings. The molecule has 2 heterocycles. The van der Waals surface area contributed by atoms with Crippen LogP contribution in [0.3, 0.4) is 0 Å². The highest BCUT2D eigenvalue weighted by molar-refractivity contribution is 5.95. The molecule has 30 heavy (non-hydrogen) atoms. The second kappa shape index (κ2) is 8.27. The molecule has 1 aromatic heterocycles. The Hall–Kier alpha value is -3.21. The van der Waals surface area contributed by atoms with Crippen molar-refractivity contribution in [3.05, 3.63) is 78.6 Å². The SMILES string of the molecule is CC(C)(C)C1CN(c2ncccn2)CCN1C(=O)c1ccc(-c2ccccc2)cc1. The number of hydrogen-bond acceptors (Lipinski definition) is 4. The average molecular weight is 401 g/mol. The molecule has 2 aromatic carbocycles. The smallest absolute Gasteiger partial charge is 0.254 e. The van der Waals surface area contributed by atoms with Crippen LogP contribution in [-0.4, -0.2) is 46.5 Å². The first-order valence-corrected chi connectivity index (χ1v) is 10.4. The lowest BCUT2D eigenvalue weighted by atomic mass is 9.83. The first-order chi connectivity index (χ1) is 14.4. The topological polar surface area (TPSA) is 49.3 Å². The quantitative estimate of drug-likeness (QED) is 0.649. The summed E-state index contributed by atoms with van der Waals surface area (Å²) in [5.41, 5.74) is 2.94. The number of hydrogen-bond donors (Lipinski definition) is 0. The standard InChI is InChI=1S/C25H28N4O/c1-25(2,3)22-18-28(24-26-14-7-15-27-24)16-17-29(22)23(30)21-12-10-20(11-13-21)19-8-5-4-6-9-19/h4-15,22H,16-18H2,1-3H3. The monoisotopic (exact) mass is 400 g/mol. The van der Waals surface area contributed by atoms with Crippen LogP contribution in [0.1, 0.15) is 31.1 Å². The Morgan fingerprint density at radius 1 is 0.867 bits per heavy atom. The first-order valence-electron chi connectivity index (χ1n) is 10.4. The van der Waals surface area contributed by atoms with Crippen LogP contribution in [0, 0.1) is 5.41 Å². The molecule has 1 saturated heterocycles. The van der Waals surface area contributed by atoms with E-state index < -0.39 is 0 Å². The van der Waals surface area contributed by atoms with Crippen LogP contribution in [0.5, 0.6) is 0 Å². The lowest BCUT2D eigenvalue weighted by Gasteiger charge is -2.47. The molecule has 1 amide bonds. The van der Waals surface area contributed by atoms with Gasteiger partial charge in [-0.25, -0.2) is 9.97 Å². The molecule has 5 nitrogen and oxygen atoms in total. The number of anilines is 1. The van der Waals surface area contributed by atoms with Gasteiger partial charge in [0.15, 0.2) is 0 Å². The number of rotatable bonds is 3. The fourth-order valence-electron chi connectivity index (χ4n) is 4.01. The van der Waals surface area contributed by atoms with E-state index in [4.69, 9.17) is 0 Å². The molecule has 1 fully saturated rings. The number of benzene rings is 2. The molecule has 5 heteroatoms. The van der Waals surface area contributed by atoms with Crippen molar-refractivity contribution in [2.75, 3.05) is 24.5 Å². The minimum Gasteiger partial charge on any atom is -0.337 e. The van der Waals surface area contributed by atoms with Crippen LogP contribution in [0.15, 0.2) is 73.1 Å². The highest BCUT2D eigenvalue weighted by Crippen LogP contribution is 2.30. The van der Waals surface area contributed by atoms with Crippen LogP contribution in [0.2, 0.25) is 0 Å². The molecule has 1 atom stereocenters. The third kappa shape index (κ3) is 4.20. The average Bonchev–Trinajstić information content (AvgIpc) is 2.79. The van der Waals surface area contributed by atoms with Crippen LogP contribution >= 0.6 is 0 Å². The fourth-order valence-corrected chi connectivity index (χ4v) is 4.01. The second-order valence-corrected chi connectivity index (χ2v) is 8.82. The van der Waals surface area contributed by atoms with E-state index in [1.165, 1.54) is 0 Å². The van der Waals surface area contributed by atoms with Gasteiger partial charge in [0.25, 0.3) is 5.91 Å². The number of amides is 1. The highest BCUT2D eigenvalue weighted by Gasteiger charge is 2.38. The van der Waals surface area contributed by atoms with Gasteiger partial charge in [0, 0.05) is 37.6 Å². The minimum absolute atomic E-state index is 0.0624. The highest BCUT2D eigenvalue weighted by atomic mass is 16.2. The zero-order valence-electron chi connectivity index (χ0n) is 17.8. The Labute approximate surface area is 178 Å². The molecule has 154 valence electrons. The number of carbonyl (C=O) groups excluding carboxylic acids is 1. The molecule has 0 saturated carbocycles. The van der Waals surface area contributed by atoms with Crippen LogP contribution in [0.25, 0.3) is 11.1 Å². The van der Waals surface area contributed by atoms with Gasteiger partial charge in [-0.05, 0) is 34.7 Å². The maximum atomic E-state index is 13.4. The second-order valence-electron chi connectivity index (χ2n) is 8.82. The molecule has 3 aromatic rings. The summed E-state index contributed by atoms with van der Waals surface area (Å²) >= 11 is 0. The van der Waals surface area contributed by atoms with Crippen molar-refractivity contribution in [1.29, 1.82) is 0 Å². The fraction of sp³-hybridized carbons (Fsp3) is 0.320. The molecular weight excluding hydrogens is 372 g/mol. The van der Waals surface area contributed by atoms with E-state index in [2.05, 4.69) is 47.8 Å². The van der Waals surface area contributed by atoms with Crippen molar-refractivity contribution in [3.63, 3.8) is 0 Å². The largest absolute Gasteiger partial charge is 0.337 e. The summed E-state index contributed by atoms with van der Waals surface area (Å²) in [7, 11) is 0. The third-order valence-electron chi connectivity index (χ3n) is 5.71. The minimum atomic E-state index is -0.0624. The van der Waals surface area contributed by atoms with Crippen molar-refractivity contribution in [2.24, 2.45) is 5.41 Å². The number of nitrogens with zero attached hydrogens (tertiary/aromatic N) is 4. The molecule has 0 N–H and O–H groups in total.